The molecule has 0 radical (unpaired) electrons. The summed E-state index contributed by atoms with van der Waals surface area (Å²) in [4.78, 5) is 0. The predicted molar refractivity (Wildman–Crippen MR) is 203 cm³/mol. The molecule has 0 saturated carbocycles. The summed E-state index contributed by atoms with van der Waals surface area (Å²) in [6.07, 6.45) is 12.1. The highest BCUT2D eigenvalue weighted by Gasteiger charge is 2.41. The van der Waals surface area contributed by atoms with Crippen LogP contribution in [-0.2, 0) is 68.0 Å². The van der Waals surface area contributed by atoms with E-state index in [2.05, 4.69) is 13.8 Å². The fraction of sp³-hybridized carbons (Fsp3) is 1.00. The molecule has 2 atom stereocenters. The zero-order valence-electron chi connectivity index (χ0n) is 33.2. The third kappa shape index (κ3) is 27.9. The van der Waals surface area contributed by atoms with Gasteiger partial charge in [0.25, 0.3) is 20.2 Å². The summed E-state index contributed by atoms with van der Waals surface area (Å²) >= 11 is 0. The van der Waals surface area contributed by atoms with Crippen molar-refractivity contribution in [2.75, 3.05) is 112 Å². The Hall–Kier alpha value is -0.590. The minimum atomic E-state index is -4.97. The maximum absolute atomic E-state index is 12.1. The zero-order chi connectivity index (χ0) is 41.0. The van der Waals surface area contributed by atoms with Crippen molar-refractivity contribution in [3.05, 3.63) is 0 Å². The summed E-state index contributed by atoms with van der Waals surface area (Å²) in [6, 6.07) is 0. The average Bonchev–Trinajstić information content (AvgIpc) is 3.05. The van der Waals surface area contributed by atoms with Crippen LogP contribution in [0.2, 0.25) is 0 Å². The van der Waals surface area contributed by atoms with Crippen LogP contribution >= 0.6 is 0 Å². The van der Waals surface area contributed by atoms with Crippen LogP contribution in [0.25, 0.3) is 0 Å². The largest absolute Gasteiger partial charge is 0.397 e. The molecule has 326 valence electrons. The average molecular weight is 847 g/mol. The van der Waals surface area contributed by atoms with E-state index in [0.717, 1.165) is 77.0 Å². The van der Waals surface area contributed by atoms with Gasteiger partial charge in [-0.05, 0) is 12.8 Å². The van der Waals surface area contributed by atoms with Gasteiger partial charge in [-0.25, -0.2) is 4.18 Å². The third-order valence-electron chi connectivity index (χ3n) is 8.58. The Morgan fingerprint density at radius 3 is 1.06 bits per heavy atom. The fourth-order valence-electron chi connectivity index (χ4n) is 6.16. The summed E-state index contributed by atoms with van der Waals surface area (Å²) in [5.41, 5.74) is -4.26. The summed E-state index contributed by atoms with van der Waals surface area (Å²) in [5, 5.41) is 0. The second kappa shape index (κ2) is 28.8. The number of rotatable bonds is 39. The molecular weight excluding hydrogens is 777 g/mol. The van der Waals surface area contributed by atoms with Gasteiger partial charge in [0, 0.05) is 34.5 Å². The fourth-order valence-corrected chi connectivity index (χ4v) is 8.60. The van der Waals surface area contributed by atoms with E-state index < -0.39 is 78.2 Å². The van der Waals surface area contributed by atoms with Crippen molar-refractivity contribution < 1.29 is 76.3 Å². The third-order valence-corrected chi connectivity index (χ3v) is 10.9. The topological polar surface area (TPSA) is 237 Å². The van der Waals surface area contributed by atoms with Gasteiger partial charge in [0.2, 0.25) is 0 Å². The summed E-state index contributed by atoms with van der Waals surface area (Å²) in [6.45, 7) is 1.75. The Balaban J connectivity index is 6.09. The second-order valence-electron chi connectivity index (χ2n) is 14.6. The van der Waals surface area contributed by atoms with Crippen LogP contribution in [0, 0.1) is 16.2 Å². The molecule has 0 aromatic carbocycles. The lowest BCUT2D eigenvalue weighted by Gasteiger charge is -2.37. The first-order chi connectivity index (χ1) is 25.3. The number of hydrogen-bond acceptors (Lipinski definition) is 14. The molecule has 0 aromatic heterocycles. The lowest BCUT2D eigenvalue weighted by molar-refractivity contribution is -0.122. The van der Waals surface area contributed by atoms with Crippen molar-refractivity contribution >= 4 is 30.6 Å². The highest BCUT2D eigenvalue weighted by atomic mass is 32.3. The predicted octanol–water partition coefficient (Wildman–Crippen LogP) is 4.27. The van der Waals surface area contributed by atoms with Crippen LogP contribution in [0.1, 0.15) is 90.9 Å². The molecule has 0 bridgehead atoms. The van der Waals surface area contributed by atoms with E-state index in [-0.39, 0.29) is 46.2 Å². The lowest BCUT2D eigenvalue weighted by Crippen LogP contribution is -2.48. The van der Waals surface area contributed by atoms with E-state index in [1.165, 1.54) is 21.3 Å². The minimum absolute atomic E-state index is 0.154. The van der Waals surface area contributed by atoms with E-state index >= 15 is 0 Å². The molecule has 0 spiro atoms. The van der Waals surface area contributed by atoms with Gasteiger partial charge in [0.05, 0.1) is 93.8 Å². The molecule has 0 amide bonds. The van der Waals surface area contributed by atoms with Gasteiger partial charge >= 0.3 is 10.4 Å². The monoisotopic (exact) mass is 846 g/mol. The highest BCUT2D eigenvalue weighted by Crippen LogP contribution is 2.29. The lowest BCUT2D eigenvalue weighted by atomic mass is 9.90. The van der Waals surface area contributed by atoms with Crippen molar-refractivity contribution in [3.63, 3.8) is 0 Å². The minimum Gasteiger partial charge on any atom is -0.384 e. The Morgan fingerprint density at radius 2 is 0.722 bits per heavy atom. The maximum atomic E-state index is 12.1. The Kier molecular flexibility index (Phi) is 28.4. The molecule has 0 aliphatic carbocycles. The molecule has 2 unspecified atom stereocenters. The molecule has 0 aromatic rings. The molecule has 0 saturated heterocycles. The SMILES string of the molecule is CCCCCCCCOCC(COC)(COCC(COC)(COCC(COC)(COCCCCCCCC)CS(=O)(=O)O)COS(=O)(=O)O)CS(=O)(=O)O. The molecule has 3 N–H and O–H groups in total. The van der Waals surface area contributed by atoms with Gasteiger partial charge in [-0.2, -0.15) is 25.3 Å². The quantitative estimate of drug-likeness (QED) is 0.0579. The van der Waals surface area contributed by atoms with Crippen molar-refractivity contribution in [2.45, 2.75) is 90.9 Å². The van der Waals surface area contributed by atoms with E-state index in [1.54, 1.807) is 0 Å². The van der Waals surface area contributed by atoms with Gasteiger partial charge in [-0.3, -0.25) is 13.7 Å². The van der Waals surface area contributed by atoms with Crippen LogP contribution in [0.15, 0.2) is 0 Å². The highest BCUT2D eigenvalue weighted by molar-refractivity contribution is 7.86. The van der Waals surface area contributed by atoms with Crippen molar-refractivity contribution in [1.29, 1.82) is 0 Å². The molecule has 0 rings (SSSR count). The smallest absolute Gasteiger partial charge is 0.384 e. The molecular formula is C34H70O17S3. The van der Waals surface area contributed by atoms with Gasteiger partial charge < -0.3 is 33.2 Å². The molecule has 0 heterocycles. The van der Waals surface area contributed by atoms with Crippen LogP contribution < -0.4 is 0 Å². The van der Waals surface area contributed by atoms with Gasteiger partial charge in [-0.15, -0.1) is 0 Å². The van der Waals surface area contributed by atoms with Gasteiger partial charge in [0.15, 0.2) is 0 Å². The van der Waals surface area contributed by atoms with E-state index in [9.17, 15) is 38.9 Å². The first-order valence-electron chi connectivity index (χ1n) is 18.6. The molecule has 0 aliphatic rings. The van der Waals surface area contributed by atoms with Crippen LogP contribution in [0.4, 0.5) is 0 Å². The van der Waals surface area contributed by atoms with Crippen molar-refractivity contribution in [1.82, 2.24) is 0 Å². The molecule has 54 heavy (non-hydrogen) atoms. The summed E-state index contributed by atoms with van der Waals surface area (Å²) in [7, 11) is -10.1. The van der Waals surface area contributed by atoms with E-state index in [0.29, 0.717) is 13.2 Å². The standard InChI is InChI=1S/C34H70O17S3/c1-6-8-10-12-14-16-18-47-25-33(21-45-4,30-52(35,36)37)27-49-23-32(20-44-3,29-51-54(41,42)43)24-50-28-34(22-46-5,31-53(38,39)40)26-48-19-17-15-13-11-9-7-2/h6-31H2,1-5H3,(H,35,36,37)(H,38,39,40)(H,41,42,43). The zero-order valence-corrected chi connectivity index (χ0v) is 35.6. The van der Waals surface area contributed by atoms with Gasteiger partial charge in [-0.1, -0.05) is 78.1 Å². The van der Waals surface area contributed by atoms with Crippen molar-refractivity contribution in [2.24, 2.45) is 16.2 Å². The summed E-state index contributed by atoms with van der Waals surface area (Å²) < 4.78 is 145. The Bertz CT molecular complexity index is 1190. The van der Waals surface area contributed by atoms with Crippen LogP contribution in [0.5, 0.6) is 0 Å². The normalized spacial score (nSPS) is 16.2. The van der Waals surface area contributed by atoms with E-state index in [4.69, 9.17) is 37.3 Å². The first kappa shape index (κ1) is 53.4. The van der Waals surface area contributed by atoms with E-state index in [1.807, 2.05) is 0 Å². The molecule has 0 aliphatic heterocycles. The Morgan fingerprint density at radius 1 is 0.407 bits per heavy atom. The number of ether oxygens (including phenoxy) is 7. The number of hydrogen-bond donors (Lipinski definition) is 3. The molecule has 17 nitrogen and oxygen atoms in total. The van der Waals surface area contributed by atoms with Gasteiger partial charge in [0.1, 0.15) is 0 Å². The summed E-state index contributed by atoms with van der Waals surface area (Å²) in [5.74, 6) is -1.54. The molecule has 20 heteroatoms. The second-order valence-corrected chi connectivity index (χ2v) is 18.6. The number of unbranched alkanes of at least 4 members (excludes halogenated alkanes) is 10. The number of methoxy groups -OCH3 is 3. The maximum Gasteiger partial charge on any atom is 0.397 e. The first-order valence-corrected chi connectivity index (χ1v) is 23.2. The van der Waals surface area contributed by atoms with Crippen LogP contribution in [0.3, 0.4) is 0 Å². The molecule has 0 fully saturated rings. The van der Waals surface area contributed by atoms with Crippen molar-refractivity contribution in [3.8, 4) is 0 Å². The van der Waals surface area contributed by atoms with Crippen LogP contribution in [-0.4, -0.2) is 151 Å². The Labute approximate surface area is 325 Å².